The maximum atomic E-state index is 12.3. The van der Waals surface area contributed by atoms with Crippen molar-refractivity contribution in [3.05, 3.63) is 74.2 Å². The fourth-order valence-electron chi connectivity index (χ4n) is 3.97. The molecule has 0 saturated carbocycles. The molecule has 0 unspecified atom stereocenters. The van der Waals surface area contributed by atoms with Crippen LogP contribution in [0.2, 0.25) is 0 Å². The molecule has 4 rings (SSSR count). The molecule has 3 aromatic rings. The van der Waals surface area contributed by atoms with E-state index in [0.717, 1.165) is 56.4 Å². The number of nitrogens with zero attached hydrogens (tertiary/aromatic N) is 7. The Bertz CT molecular complexity index is 1170. The Morgan fingerprint density at radius 3 is 2.32 bits per heavy atom. The summed E-state index contributed by atoms with van der Waals surface area (Å²) in [4.78, 5) is 28.8. The third-order valence-electron chi connectivity index (χ3n) is 5.85. The van der Waals surface area contributed by atoms with Crippen LogP contribution in [-0.4, -0.2) is 66.7 Å². The van der Waals surface area contributed by atoms with Gasteiger partial charge >= 0.3 is 0 Å². The Balaban J connectivity index is 1.34. The van der Waals surface area contributed by atoms with Crippen molar-refractivity contribution in [1.29, 1.82) is 0 Å². The summed E-state index contributed by atoms with van der Waals surface area (Å²) >= 11 is 0. The normalized spacial score (nSPS) is 15.5. The van der Waals surface area contributed by atoms with Gasteiger partial charge in [0.1, 0.15) is 0 Å². The molecule has 0 spiro atoms. The molecule has 0 amide bonds. The zero-order chi connectivity index (χ0) is 22.0. The molecular formula is C22H29N7O2. The van der Waals surface area contributed by atoms with Crippen molar-refractivity contribution in [2.45, 2.75) is 26.9 Å². The van der Waals surface area contributed by atoms with E-state index in [1.807, 2.05) is 39.1 Å². The third kappa shape index (κ3) is 4.83. The van der Waals surface area contributed by atoms with Gasteiger partial charge in [0.15, 0.2) is 5.82 Å². The Labute approximate surface area is 181 Å². The molecule has 31 heavy (non-hydrogen) atoms. The SMILES string of the molecule is Cc1cc(C)n(-c2ccc(=O)n(CCN3CCN(Cc4cccc(=O)n4C)CC3)n2)n1. The van der Waals surface area contributed by atoms with Crippen molar-refractivity contribution in [2.24, 2.45) is 7.05 Å². The molecule has 0 aliphatic carbocycles. The minimum Gasteiger partial charge on any atom is -0.314 e. The Kier molecular flexibility index (Phi) is 6.15. The summed E-state index contributed by atoms with van der Waals surface area (Å²) in [5.74, 6) is 0.656. The van der Waals surface area contributed by atoms with Crippen molar-refractivity contribution >= 4 is 0 Å². The highest BCUT2D eigenvalue weighted by atomic mass is 16.1. The van der Waals surface area contributed by atoms with E-state index in [2.05, 4.69) is 20.0 Å². The maximum absolute atomic E-state index is 12.3. The van der Waals surface area contributed by atoms with E-state index in [1.165, 1.54) is 4.68 Å². The van der Waals surface area contributed by atoms with Crippen LogP contribution < -0.4 is 11.1 Å². The number of aryl methyl sites for hydroxylation is 2. The standard InChI is InChI=1S/C22H29N7O2/c1-17-15-18(2)29(23-17)20-7-8-22(31)28(24-20)14-13-26-9-11-27(12-10-26)16-19-5-4-6-21(30)25(19)3/h4-8,15H,9-14,16H2,1-3H3. The van der Waals surface area contributed by atoms with Crippen molar-refractivity contribution in [1.82, 2.24) is 33.9 Å². The van der Waals surface area contributed by atoms with Gasteiger partial charge in [-0.15, -0.1) is 5.10 Å². The predicted octanol–water partition coefficient (Wildman–Crippen LogP) is 0.562. The van der Waals surface area contributed by atoms with Gasteiger partial charge in [0, 0.05) is 69.8 Å². The zero-order valence-electron chi connectivity index (χ0n) is 18.4. The van der Waals surface area contributed by atoms with Gasteiger partial charge in [-0.25, -0.2) is 9.36 Å². The lowest BCUT2D eigenvalue weighted by atomic mass is 10.2. The van der Waals surface area contributed by atoms with Gasteiger partial charge in [0.2, 0.25) is 5.56 Å². The molecule has 0 atom stereocenters. The van der Waals surface area contributed by atoms with E-state index < -0.39 is 0 Å². The Morgan fingerprint density at radius 2 is 1.61 bits per heavy atom. The Hall–Kier alpha value is -3.04. The highest BCUT2D eigenvalue weighted by Gasteiger charge is 2.18. The largest absolute Gasteiger partial charge is 0.314 e. The first-order valence-corrected chi connectivity index (χ1v) is 10.6. The molecule has 9 nitrogen and oxygen atoms in total. The van der Waals surface area contributed by atoms with Gasteiger partial charge in [-0.1, -0.05) is 6.07 Å². The van der Waals surface area contributed by atoms with Crippen LogP contribution in [0.3, 0.4) is 0 Å². The van der Waals surface area contributed by atoms with Crippen LogP contribution in [0.15, 0.2) is 46.0 Å². The van der Waals surface area contributed by atoms with E-state index in [1.54, 1.807) is 27.4 Å². The molecule has 1 saturated heterocycles. The molecule has 0 radical (unpaired) electrons. The molecular weight excluding hydrogens is 394 g/mol. The van der Waals surface area contributed by atoms with Crippen molar-refractivity contribution in [3.8, 4) is 5.82 Å². The van der Waals surface area contributed by atoms with Crippen LogP contribution in [0.25, 0.3) is 5.82 Å². The van der Waals surface area contributed by atoms with Crippen LogP contribution in [0.1, 0.15) is 17.1 Å². The van der Waals surface area contributed by atoms with E-state index >= 15 is 0 Å². The topological polar surface area (TPSA) is 81.2 Å². The number of aromatic nitrogens is 5. The molecule has 9 heteroatoms. The van der Waals surface area contributed by atoms with Gasteiger partial charge < -0.3 is 4.57 Å². The molecule has 1 aliphatic rings. The second kappa shape index (κ2) is 8.99. The monoisotopic (exact) mass is 423 g/mol. The predicted molar refractivity (Wildman–Crippen MR) is 118 cm³/mol. The highest BCUT2D eigenvalue weighted by Crippen LogP contribution is 2.09. The summed E-state index contributed by atoms with van der Waals surface area (Å²) in [6, 6.07) is 10.7. The quantitative estimate of drug-likeness (QED) is 0.576. The van der Waals surface area contributed by atoms with E-state index in [-0.39, 0.29) is 11.1 Å². The van der Waals surface area contributed by atoms with Crippen LogP contribution in [0, 0.1) is 13.8 Å². The number of hydrogen-bond acceptors (Lipinski definition) is 6. The molecule has 0 aromatic carbocycles. The lowest BCUT2D eigenvalue weighted by molar-refractivity contribution is 0.120. The molecule has 1 aliphatic heterocycles. The van der Waals surface area contributed by atoms with Crippen molar-refractivity contribution < 1.29 is 0 Å². The average molecular weight is 424 g/mol. The zero-order valence-corrected chi connectivity index (χ0v) is 18.4. The molecule has 3 aromatic heterocycles. The van der Waals surface area contributed by atoms with Crippen molar-refractivity contribution in [3.63, 3.8) is 0 Å². The fraction of sp³-hybridized carbons (Fsp3) is 0.455. The second-order valence-corrected chi connectivity index (χ2v) is 8.12. The van der Waals surface area contributed by atoms with Gasteiger partial charge in [0.05, 0.1) is 12.2 Å². The van der Waals surface area contributed by atoms with E-state index in [4.69, 9.17) is 0 Å². The number of rotatable bonds is 6. The fourth-order valence-corrected chi connectivity index (χ4v) is 3.97. The van der Waals surface area contributed by atoms with Gasteiger partial charge in [-0.05, 0) is 32.0 Å². The summed E-state index contributed by atoms with van der Waals surface area (Å²) in [5.41, 5.74) is 2.86. The second-order valence-electron chi connectivity index (χ2n) is 8.12. The summed E-state index contributed by atoms with van der Waals surface area (Å²) in [6.45, 7) is 9.70. The number of pyridine rings is 1. The van der Waals surface area contributed by atoms with Crippen LogP contribution >= 0.6 is 0 Å². The van der Waals surface area contributed by atoms with E-state index in [0.29, 0.717) is 12.4 Å². The first kappa shape index (κ1) is 21.2. The van der Waals surface area contributed by atoms with E-state index in [9.17, 15) is 9.59 Å². The average Bonchev–Trinajstić information content (AvgIpc) is 3.10. The first-order chi connectivity index (χ1) is 14.9. The smallest absolute Gasteiger partial charge is 0.266 e. The Morgan fingerprint density at radius 1 is 0.871 bits per heavy atom. The molecule has 1 fully saturated rings. The maximum Gasteiger partial charge on any atom is 0.266 e. The third-order valence-corrected chi connectivity index (χ3v) is 5.85. The van der Waals surface area contributed by atoms with Gasteiger partial charge in [-0.3, -0.25) is 19.4 Å². The summed E-state index contributed by atoms with van der Waals surface area (Å²) in [5, 5.41) is 8.98. The minimum atomic E-state index is -0.103. The summed E-state index contributed by atoms with van der Waals surface area (Å²) < 4.78 is 5.00. The van der Waals surface area contributed by atoms with Crippen molar-refractivity contribution in [2.75, 3.05) is 32.7 Å². The molecule has 4 heterocycles. The molecule has 0 bridgehead atoms. The number of piperazine rings is 1. The lowest BCUT2D eigenvalue weighted by Gasteiger charge is -2.34. The molecule has 0 N–H and O–H groups in total. The van der Waals surface area contributed by atoms with Gasteiger partial charge in [-0.2, -0.15) is 5.10 Å². The summed E-state index contributed by atoms with van der Waals surface area (Å²) in [6.07, 6.45) is 0. The van der Waals surface area contributed by atoms with Crippen LogP contribution in [0.4, 0.5) is 0 Å². The molecule has 164 valence electrons. The summed E-state index contributed by atoms with van der Waals surface area (Å²) in [7, 11) is 1.82. The lowest BCUT2D eigenvalue weighted by Crippen LogP contribution is -2.47. The van der Waals surface area contributed by atoms with Gasteiger partial charge in [0.25, 0.3) is 5.56 Å². The van der Waals surface area contributed by atoms with Crippen LogP contribution in [0.5, 0.6) is 0 Å². The van der Waals surface area contributed by atoms with Crippen LogP contribution in [-0.2, 0) is 20.1 Å². The number of hydrogen-bond donors (Lipinski definition) is 0. The first-order valence-electron chi connectivity index (χ1n) is 10.6. The minimum absolute atomic E-state index is 0.0248. The highest BCUT2D eigenvalue weighted by molar-refractivity contribution is 5.23.